The van der Waals surface area contributed by atoms with E-state index in [0.29, 0.717) is 30.8 Å². The zero-order valence-electron chi connectivity index (χ0n) is 12.8. The number of ketones is 1. The summed E-state index contributed by atoms with van der Waals surface area (Å²) in [5.41, 5.74) is 1.27. The fraction of sp³-hybridized carbons (Fsp3) is 0.500. The van der Waals surface area contributed by atoms with E-state index in [1.165, 1.54) is 0 Å². The fourth-order valence-electron chi connectivity index (χ4n) is 2.39. The van der Waals surface area contributed by atoms with Gasteiger partial charge in [-0.25, -0.2) is 4.79 Å². The van der Waals surface area contributed by atoms with Crippen molar-refractivity contribution < 1.29 is 14.3 Å². The minimum absolute atomic E-state index is 0.0255. The number of morpholine rings is 1. The number of hydrogen-bond acceptors (Lipinski definition) is 3. The number of amides is 2. The largest absolute Gasteiger partial charge is 0.375 e. The number of benzene rings is 1. The third kappa shape index (κ3) is 3.61. The Bertz CT molecular complexity index is 530. The Hall–Kier alpha value is -1.88. The zero-order valence-corrected chi connectivity index (χ0v) is 12.8. The van der Waals surface area contributed by atoms with Crippen molar-refractivity contribution in [3.05, 3.63) is 29.8 Å². The van der Waals surface area contributed by atoms with Gasteiger partial charge < -0.3 is 15.0 Å². The molecule has 1 aliphatic heterocycles. The van der Waals surface area contributed by atoms with Crippen molar-refractivity contribution in [2.24, 2.45) is 0 Å². The highest BCUT2D eigenvalue weighted by atomic mass is 16.5. The molecule has 5 nitrogen and oxygen atoms in total. The monoisotopic (exact) mass is 290 g/mol. The lowest BCUT2D eigenvalue weighted by atomic mass is 10.1. The number of anilines is 1. The minimum atomic E-state index is -0.154. The lowest BCUT2D eigenvalue weighted by molar-refractivity contribution is -0.0355. The second-order valence-electron chi connectivity index (χ2n) is 5.30. The molecule has 114 valence electrons. The smallest absolute Gasteiger partial charge is 0.322 e. The van der Waals surface area contributed by atoms with E-state index in [0.717, 1.165) is 0 Å². The lowest BCUT2D eigenvalue weighted by Crippen LogP contribution is -2.52. The second-order valence-corrected chi connectivity index (χ2v) is 5.30. The normalized spacial score (nSPS) is 22.0. The van der Waals surface area contributed by atoms with E-state index in [2.05, 4.69) is 5.32 Å². The van der Waals surface area contributed by atoms with Gasteiger partial charge in [0.25, 0.3) is 0 Å². The molecule has 0 aliphatic carbocycles. The van der Waals surface area contributed by atoms with Crippen LogP contribution in [0.15, 0.2) is 24.3 Å². The summed E-state index contributed by atoms with van der Waals surface area (Å²) in [4.78, 5) is 25.8. The SMILES string of the molecule is CCC(=O)c1cccc(NC(=O)N2CCO[C@@H](C)[C@H]2C)c1. The molecule has 0 radical (unpaired) electrons. The number of hydrogen-bond donors (Lipinski definition) is 1. The maximum Gasteiger partial charge on any atom is 0.322 e. The van der Waals surface area contributed by atoms with Gasteiger partial charge in [0.2, 0.25) is 0 Å². The summed E-state index contributed by atoms with van der Waals surface area (Å²) in [7, 11) is 0. The molecule has 1 fully saturated rings. The highest BCUT2D eigenvalue weighted by molar-refractivity contribution is 5.98. The molecule has 0 unspecified atom stereocenters. The maximum absolute atomic E-state index is 12.3. The Morgan fingerprint density at radius 1 is 1.38 bits per heavy atom. The molecule has 0 bridgehead atoms. The third-order valence-electron chi connectivity index (χ3n) is 3.90. The van der Waals surface area contributed by atoms with Crippen LogP contribution in [0.3, 0.4) is 0 Å². The molecule has 0 saturated carbocycles. The van der Waals surface area contributed by atoms with Gasteiger partial charge in [0.05, 0.1) is 18.8 Å². The zero-order chi connectivity index (χ0) is 15.4. The number of rotatable bonds is 3. The first kappa shape index (κ1) is 15.5. The number of nitrogens with one attached hydrogen (secondary N) is 1. The summed E-state index contributed by atoms with van der Waals surface area (Å²) >= 11 is 0. The van der Waals surface area contributed by atoms with E-state index in [-0.39, 0.29) is 24.0 Å². The van der Waals surface area contributed by atoms with E-state index in [1.54, 1.807) is 29.2 Å². The van der Waals surface area contributed by atoms with Crippen molar-refractivity contribution in [2.45, 2.75) is 39.3 Å². The summed E-state index contributed by atoms with van der Waals surface area (Å²) in [5, 5.41) is 2.86. The molecule has 1 aromatic rings. The molecular weight excluding hydrogens is 268 g/mol. The van der Waals surface area contributed by atoms with Crippen molar-refractivity contribution in [3.63, 3.8) is 0 Å². The number of carbonyl (C=O) groups excluding carboxylic acids is 2. The van der Waals surface area contributed by atoms with E-state index >= 15 is 0 Å². The number of ether oxygens (including phenoxy) is 1. The van der Waals surface area contributed by atoms with E-state index in [1.807, 2.05) is 20.8 Å². The van der Waals surface area contributed by atoms with Crippen LogP contribution in [0.25, 0.3) is 0 Å². The minimum Gasteiger partial charge on any atom is -0.375 e. The predicted octanol–water partition coefficient (Wildman–Crippen LogP) is 2.92. The quantitative estimate of drug-likeness (QED) is 0.871. The second kappa shape index (κ2) is 6.72. The van der Waals surface area contributed by atoms with E-state index < -0.39 is 0 Å². The van der Waals surface area contributed by atoms with Gasteiger partial charge in [-0.05, 0) is 26.0 Å². The van der Waals surface area contributed by atoms with E-state index in [9.17, 15) is 9.59 Å². The number of nitrogens with zero attached hydrogens (tertiary/aromatic N) is 1. The van der Waals surface area contributed by atoms with Crippen LogP contribution in [0.1, 0.15) is 37.6 Å². The first-order valence-electron chi connectivity index (χ1n) is 7.35. The molecule has 0 spiro atoms. The van der Waals surface area contributed by atoms with Crippen molar-refractivity contribution in [1.29, 1.82) is 0 Å². The van der Waals surface area contributed by atoms with Gasteiger partial charge in [0.1, 0.15) is 0 Å². The van der Waals surface area contributed by atoms with Gasteiger partial charge in [-0.1, -0.05) is 19.1 Å². The van der Waals surface area contributed by atoms with Gasteiger partial charge in [0, 0.05) is 24.2 Å². The standard InChI is InChI=1S/C16H22N2O3/c1-4-15(19)13-6-5-7-14(10-13)17-16(20)18-8-9-21-12(3)11(18)2/h5-7,10-12H,4,8-9H2,1-3H3,(H,17,20)/t11-,12+/m1/s1. The molecule has 2 atom stereocenters. The first-order valence-corrected chi connectivity index (χ1v) is 7.35. The lowest BCUT2D eigenvalue weighted by Gasteiger charge is -2.37. The summed E-state index contributed by atoms with van der Waals surface area (Å²) in [6.45, 7) is 6.88. The molecule has 1 heterocycles. The molecule has 5 heteroatoms. The van der Waals surface area contributed by atoms with Crippen LogP contribution in [-0.4, -0.2) is 42.0 Å². The van der Waals surface area contributed by atoms with Crippen molar-refractivity contribution in [3.8, 4) is 0 Å². The predicted molar refractivity (Wildman–Crippen MR) is 81.7 cm³/mol. The van der Waals surface area contributed by atoms with Crippen LogP contribution in [0, 0.1) is 0 Å². The molecule has 1 aromatic carbocycles. The van der Waals surface area contributed by atoms with Gasteiger partial charge in [-0.2, -0.15) is 0 Å². The average Bonchev–Trinajstić information content (AvgIpc) is 2.49. The van der Waals surface area contributed by atoms with Crippen molar-refractivity contribution in [1.82, 2.24) is 4.90 Å². The molecule has 2 rings (SSSR count). The highest BCUT2D eigenvalue weighted by Crippen LogP contribution is 2.17. The van der Waals surface area contributed by atoms with Gasteiger partial charge in [-0.15, -0.1) is 0 Å². The summed E-state index contributed by atoms with van der Waals surface area (Å²) in [6.07, 6.45) is 0.479. The van der Waals surface area contributed by atoms with Crippen molar-refractivity contribution in [2.75, 3.05) is 18.5 Å². The van der Waals surface area contributed by atoms with Gasteiger partial charge >= 0.3 is 6.03 Å². The van der Waals surface area contributed by atoms with Crippen molar-refractivity contribution >= 4 is 17.5 Å². The molecule has 0 aromatic heterocycles. The summed E-state index contributed by atoms with van der Waals surface area (Å²) < 4.78 is 5.52. The van der Waals surface area contributed by atoms with Crippen LogP contribution < -0.4 is 5.32 Å². The molecule has 1 saturated heterocycles. The topological polar surface area (TPSA) is 58.6 Å². The van der Waals surface area contributed by atoms with Gasteiger partial charge in [0.15, 0.2) is 5.78 Å². The van der Waals surface area contributed by atoms with Crippen LogP contribution in [0.5, 0.6) is 0 Å². The molecular formula is C16H22N2O3. The Morgan fingerprint density at radius 2 is 2.14 bits per heavy atom. The first-order chi connectivity index (χ1) is 10.0. The Labute approximate surface area is 125 Å². The number of carbonyl (C=O) groups is 2. The Balaban J connectivity index is 2.07. The van der Waals surface area contributed by atoms with Crippen LogP contribution in [-0.2, 0) is 4.74 Å². The number of urea groups is 1. The molecule has 2 amide bonds. The van der Waals surface area contributed by atoms with Crippen LogP contribution in [0.2, 0.25) is 0 Å². The molecule has 1 N–H and O–H groups in total. The van der Waals surface area contributed by atoms with E-state index in [4.69, 9.17) is 4.74 Å². The van der Waals surface area contributed by atoms with Gasteiger partial charge in [-0.3, -0.25) is 4.79 Å². The fourth-order valence-corrected chi connectivity index (χ4v) is 2.39. The summed E-state index contributed by atoms with van der Waals surface area (Å²) in [6, 6.07) is 6.93. The number of Topliss-reactive ketones (excluding diaryl/α,β-unsaturated/α-hetero) is 1. The average molecular weight is 290 g/mol. The summed E-state index contributed by atoms with van der Waals surface area (Å²) in [5.74, 6) is 0.0689. The third-order valence-corrected chi connectivity index (χ3v) is 3.90. The molecule has 1 aliphatic rings. The van der Waals surface area contributed by atoms with Crippen LogP contribution >= 0.6 is 0 Å². The Morgan fingerprint density at radius 3 is 2.86 bits per heavy atom. The van der Waals surface area contributed by atoms with Crippen LogP contribution in [0.4, 0.5) is 10.5 Å². The molecule has 21 heavy (non-hydrogen) atoms. The Kier molecular flexibility index (Phi) is 4.96. The highest BCUT2D eigenvalue weighted by Gasteiger charge is 2.29. The maximum atomic E-state index is 12.3.